The van der Waals surface area contributed by atoms with Crippen LogP contribution in [-0.4, -0.2) is 19.5 Å². The van der Waals surface area contributed by atoms with Crippen molar-refractivity contribution in [2.45, 2.75) is 4.90 Å². The van der Waals surface area contributed by atoms with Gasteiger partial charge >= 0.3 is 0 Å². The van der Waals surface area contributed by atoms with Crippen molar-refractivity contribution in [2.75, 3.05) is 14.2 Å². The Balaban J connectivity index is 3.01. The third-order valence-corrected chi connectivity index (χ3v) is 2.32. The van der Waals surface area contributed by atoms with E-state index < -0.39 is 5.24 Å². The summed E-state index contributed by atoms with van der Waals surface area (Å²) >= 11 is 0.913. The van der Waals surface area contributed by atoms with E-state index in [9.17, 15) is 4.79 Å². The number of rotatable bonds is 3. The van der Waals surface area contributed by atoms with Gasteiger partial charge < -0.3 is 15.2 Å². The maximum absolute atomic E-state index is 10.7. The lowest BCUT2D eigenvalue weighted by atomic mass is 10.3. The minimum Gasteiger partial charge on any atom is -0.497 e. The molecule has 1 aromatic carbocycles. The van der Waals surface area contributed by atoms with Gasteiger partial charge in [-0.05, 0) is 30.0 Å². The molecule has 0 aliphatic rings. The summed E-state index contributed by atoms with van der Waals surface area (Å²) in [6.45, 7) is 0. The fourth-order valence-electron chi connectivity index (χ4n) is 0.972. The van der Waals surface area contributed by atoms with Crippen molar-refractivity contribution in [2.24, 2.45) is 5.73 Å². The van der Waals surface area contributed by atoms with Crippen LogP contribution in [0, 0.1) is 0 Å². The van der Waals surface area contributed by atoms with E-state index in [0.29, 0.717) is 16.4 Å². The first-order chi connectivity index (χ1) is 6.67. The van der Waals surface area contributed by atoms with Crippen molar-refractivity contribution >= 4 is 17.0 Å². The van der Waals surface area contributed by atoms with Crippen LogP contribution in [0.1, 0.15) is 0 Å². The molecule has 0 spiro atoms. The van der Waals surface area contributed by atoms with Gasteiger partial charge in [-0.15, -0.1) is 0 Å². The molecule has 0 aliphatic carbocycles. The highest BCUT2D eigenvalue weighted by Crippen LogP contribution is 2.32. The molecule has 0 fully saturated rings. The fourth-order valence-corrected chi connectivity index (χ4v) is 1.62. The number of ether oxygens (including phenoxy) is 2. The number of amides is 1. The van der Waals surface area contributed by atoms with Gasteiger partial charge in [-0.3, -0.25) is 4.79 Å². The second kappa shape index (κ2) is 4.76. The number of carbonyl (C=O) groups is 1. The molecule has 0 radical (unpaired) electrons. The van der Waals surface area contributed by atoms with Crippen LogP contribution in [-0.2, 0) is 0 Å². The van der Waals surface area contributed by atoms with Gasteiger partial charge in [0, 0.05) is 0 Å². The molecule has 1 amide bonds. The number of benzene rings is 1. The zero-order valence-corrected chi connectivity index (χ0v) is 8.76. The Morgan fingerprint density at radius 1 is 1.36 bits per heavy atom. The second-order valence-corrected chi connectivity index (χ2v) is 3.48. The van der Waals surface area contributed by atoms with Crippen molar-refractivity contribution in [3.8, 4) is 11.5 Å². The Kier molecular flexibility index (Phi) is 3.64. The van der Waals surface area contributed by atoms with Crippen LogP contribution in [0.3, 0.4) is 0 Å². The molecule has 0 unspecified atom stereocenters. The molecule has 0 aliphatic heterocycles. The maximum atomic E-state index is 10.7. The maximum Gasteiger partial charge on any atom is 0.281 e. The summed E-state index contributed by atoms with van der Waals surface area (Å²) < 4.78 is 10.1. The third kappa shape index (κ3) is 2.56. The van der Waals surface area contributed by atoms with E-state index in [0.717, 1.165) is 11.8 Å². The van der Waals surface area contributed by atoms with E-state index in [1.165, 1.54) is 7.11 Å². The number of primary amides is 1. The summed E-state index contributed by atoms with van der Waals surface area (Å²) in [5.74, 6) is 1.27. The molecule has 0 saturated carbocycles. The van der Waals surface area contributed by atoms with E-state index in [4.69, 9.17) is 15.2 Å². The van der Waals surface area contributed by atoms with Crippen LogP contribution in [0.5, 0.6) is 11.5 Å². The Morgan fingerprint density at radius 2 is 2.07 bits per heavy atom. The molecule has 1 rings (SSSR count). The number of nitrogens with two attached hydrogens (primary N) is 1. The van der Waals surface area contributed by atoms with Crippen LogP contribution in [0.4, 0.5) is 4.79 Å². The molecule has 0 aromatic heterocycles. The molecular formula is C9H11NO3S. The smallest absolute Gasteiger partial charge is 0.281 e. The first kappa shape index (κ1) is 10.7. The summed E-state index contributed by atoms with van der Waals surface area (Å²) in [4.78, 5) is 11.4. The normalized spacial score (nSPS) is 9.57. The quantitative estimate of drug-likeness (QED) is 0.779. The van der Waals surface area contributed by atoms with Gasteiger partial charge in [-0.2, -0.15) is 0 Å². The summed E-state index contributed by atoms with van der Waals surface area (Å²) in [7, 11) is 3.09. The van der Waals surface area contributed by atoms with E-state index in [1.807, 2.05) is 0 Å². The van der Waals surface area contributed by atoms with Gasteiger partial charge in [0.05, 0.1) is 19.1 Å². The molecule has 4 nitrogen and oxygen atoms in total. The van der Waals surface area contributed by atoms with Gasteiger partial charge in [-0.25, -0.2) is 0 Å². The topological polar surface area (TPSA) is 61.6 Å². The van der Waals surface area contributed by atoms with Gasteiger partial charge in [0.1, 0.15) is 11.5 Å². The Hall–Kier alpha value is -1.36. The number of carbonyl (C=O) groups excluding carboxylic acids is 1. The van der Waals surface area contributed by atoms with Crippen LogP contribution in [0.2, 0.25) is 0 Å². The van der Waals surface area contributed by atoms with E-state index in [2.05, 4.69) is 0 Å². The largest absolute Gasteiger partial charge is 0.497 e. The van der Waals surface area contributed by atoms with Crippen molar-refractivity contribution in [1.82, 2.24) is 0 Å². The number of thioether (sulfide) groups is 1. The minimum absolute atomic E-state index is 0.475. The van der Waals surface area contributed by atoms with Crippen LogP contribution in [0.15, 0.2) is 23.1 Å². The van der Waals surface area contributed by atoms with Crippen molar-refractivity contribution in [1.29, 1.82) is 0 Å². The van der Waals surface area contributed by atoms with E-state index in [-0.39, 0.29) is 0 Å². The highest BCUT2D eigenvalue weighted by Gasteiger charge is 2.08. The van der Waals surface area contributed by atoms with Crippen molar-refractivity contribution in [3.63, 3.8) is 0 Å². The molecule has 5 heteroatoms. The lowest BCUT2D eigenvalue weighted by Crippen LogP contribution is -2.02. The third-order valence-electron chi connectivity index (χ3n) is 1.58. The molecule has 0 saturated heterocycles. The zero-order chi connectivity index (χ0) is 10.6. The average molecular weight is 213 g/mol. The standard InChI is InChI=1S/C9H11NO3S/c1-12-6-3-4-7(13-2)8(5-6)14-9(10)11/h3-5H,1-2H3,(H2,10,11). The molecular weight excluding hydrogens is 202 g/mol. The van der Waals surface area contributed by atoms with E-state index >= 15 is 0 Å². The summed E-state index contributed by atoms with van der Waals surface area (Å²) in [5, 5.41) is -0.475. The highest BCUT2D eigenvalue weighted by molar-refractivity contribution is 8.13. The molecule has 76 valence electrons. The highest BCUT2D eigenvalue weighted by atomic mass is 32.2. The lowest BCUT2D eigenvalue weighted by Gasteiger charge is -2.07. The number of hydrogen-bond acceptors (Lipinski definition) is 4. The molecule has 2 N–H and O–H groups in total. The van der Waals surface area contributed by atoms with Gasteiger partial charge in [0.25, 0.3) is 5.24 Å². The first-order valence-corrected chi connectivity index (χ1v) is 4.68. The predicted octanol–water partition coefficient (Wildman–Crippen LogP) is 1.87. The van der Waals surface area contributed by atoms with Crippen molar-refractivity contribution < 1.29 is 14.3 Å². The van der Waals surface area contributed by atoms with Crippen LogP contribution >= 0.6 is 11.8 Å². The Bertz CT molecular complexity index is 341. The van der Waals surface area contributed by atoms with E-state index in [1.54, 1.807) is 25.3 Å². The molecule has 1 aromatic rings. The molecule has 0 atom stereocenters. The predicted molar refractivity (Wildman–Crippen MR) is 55.0 cm³/mol. The SMILES string of the molecule is COc1ccc(OC)c(SC(N)=O)c1. The number of hydrogen-bond donors (Lipinski definition) is 1. The average Bonchev–Trinajstić information content (AvgIpc) is 2.16. The fraction of sp³-hybridized carbons (Fsp3) is 0.222. The van der Waals surface area contributed by atoms with Crippen LogP contribution < -0.4 is 15.2 Å². The Labute approximate surface area is 86.4 Å². The molecule has 0 bridgehead atoms. The Morgan fingerprint density at radius 3 is 2.57 bits per heavy atom. The summed E-state index contributed by atoms with van der Waals surface area (Å²) in [6.07, 6.45) is 0. The minimum atomic E-state index is -0.475. The lowest BCUT2D eigenvalue weighted by molar-refractivity contribution is 0.267. The second-order valence-electron chi connectivity index (χ2n) is 2.44. The van der Waals surface area contributed by atoms with Gasteiger partial charge in [0.15, 0.2) is 0 Å². The zero-order valence-electron chi connectivity index (χ0n) is 7.94. The van der Waals surface area contributed by atoms with Gasteiger partial charge in [-0.1, -0.05) is 0 Å². The van der Waals surface area contributed by atoms with Crippen molar-refractivity contribution in [3.05, 3.63) is 18.2 Å². The van der Waals surface area contributed by atoms with Crippen LogP contribution in [0.25, 0.3) is 0 Å². The number of methoxy groups -OCH3 is 2. The molecule has 0 heterocycles. The monoisotopic (exact) mass is 213 g/mol. The molecule has 14 heavy (non-hydrogen) atoms. The summed E-state index contributed by atoms with van der Waals surface area (Å²) in [6, 6.07) is 5.18. The summed E-state index contributed by atoms with van der Waals surface area (Å²) in [5.41, 5.74) is 5.07. The first-order valence-electron chi connectivity index (χ1n) is 3.86. The van der Waals surface area contributed by atoms with Gasteiger partial charge in [0.2, 0.25) is 0 Å².